The maximum atomic E-state index is 12.7. The van der Waals surface area contributed by atoms with Gasteiger partial charge in [0, 0.05) is 12.2 Å². The van der Waals surface area contributed by atoms with Crippen molar-refractivity contribution in [3.8, 4) is 0 Å². The molecule has 1 fully saturated rings. The SMILES string of the molecule is CC.CC1=C(/C=C2/CN(c3ccc(C(C)(C)C)cc3)C(=O)C2C)OCCO1. The third-order valence-corrected chi connectivity index (χ3v) is 4.90. The molecule has 2 heterocycles. The largest absolute Gasteiger partial charge is 0.491 e. The normalized spacial score (nSPS) is 21.6. The van der Waals surface area contributed by atoms with Gasteiger partial charge in [0.25, 0.3) is 0 Å². The van der Waals surface area contributed by atoms with Crippen LogP contribution in [0.4, 0.5) is 5.69 Å². The van der Waals surface area contributed by atoms with E-state index in [1.165, 1.54) is 5.56 Å². The van der Waals surface area contributed by atoms with Gasteiger partial charge in [-0.2, -0.15) is 0 Å². The zero-order valence-corrected chi connectivity index (χ0v) is 17.8. The van der Waals surface area contributed by atoms with E-state index in [9.17, 15) is 4.79 Å². The average molecular weight is 372 g/mol. The molecule has 0 aliphatic carbocycles. The Labute approximate surface area is 163 Å². The highest BCUT2D eigenvalue weighted by atomic mass is 16.6. The quantitative estimate of drug-likeness (QED) is 0.717. The first-order valence-corrected chi connectivity index (χ1v) is 9.86. The van der Waals surface area contributed by atoms with E-state index in [0.717, 1.165) is 22.8 Å². The van der Waals surface area contributed by atoms with E-state index >= 15 is 0 Å². The van der Waals surface area contributed by atoms with Gasteiger partial charge < -0.3 is 14.4 Å². The lowest BCUT2D eigenvalue weighted by Gasteiger charge is -2.21. The number of anilines is 1. The molecule has 4 heteroatoms. The first kappa shape index (κ1) is 21.1. The highest BCUT2D eigenvalue weighted by Crippen LogP contribution is 2.32. The molecule has 1 saturated heterocycles. The molecule has 0 N–H and O–H groups in total. The molecule has 2 aliphatic rings. The zero-order chi connectivity index (χ0) is 20.2. The van der Waals surface area contributed by atoms with Gasteiger partial charge in [0.05, 0.1) is 5.92 Å². The molecule has 0 spiro atoms. The van der Waals surface area contributed by atoms with Gasteiger partial charge in [-0.25, -0.2) is 0 Å². The monoisotopic (exact) mass is 371 g/mol. The molecule has 1 unspecified atom stereocenters. The number of hydrogen-bond acceptors (Lipinski definition) is 3. The summed E-state index contributed by atoms with van der Waals surface area (Å²) in [5.41, 5.74) is 3.37. The molecule has 1 amide bonds. The third-order valence-electron chi connectivity index (χ3n) is 4.90. The van der Waals surface area contributed by atoms with E-state index in [4.69, 9.17) is 9.47 Å². The minimum atomic E-state index is -0.145. The maximum absolute atomic E-state index is 12.7. The minimum absolute atomic E-state index is 0.105. The molecule has 3 rings (SSSR count). The van der Waals surface area contributed by atoms with Crippen molar-refractivity contribution in [1.82, 2.24) is 0 Å². The summed E-state index contributed by atoms with van der Waals surface area (Å²) in [6.45, 7) is 16.1. The van der Waals surface area contributed by atoms with E-state index < -0.39 is 0 Å². The highest BCUT2D eigenvalue weighted by Gasteiger charge is 2.34. The van der Waals surface area contributed by atoms with E-state index in [-0.39, 0.29) is 17.2 Å². The molecule has 148 valence electrons. The summed E-state index contributed by atoms with van der Waals surface area (Å²) < 4.78 is 11.2. The van der Waals surface area contributed by atoms with Crippen LogP contribution in [0.5, 0.6) is 0 Å². The van der Waals surface area contributed by atoms with Gasteiger partial charge >= 0.3 is 0 Å². The van der Waals surface area contributed by atoms with Crippen molar-refractivity contribution in [2.75, 3.05) is 24.7 Å². The van der Waals surface area contributed by atoms with Gasteiger partial charge in [0.1, 0.15) is 19.0 Å². The summed E-state index contributed by atoms with van der Waals surface area (Å²) in [4.78, 5) is 14.6. The van der Waals surface area contributed by atoms with Crippen LogP contribution in [0.1, 0.15) is 54.0 Å². The second-order valence-electron chi connectivity index (χ2n) is 7.78. The number of ether oxygens (including phenoxy) is 2. The number of carbonyl (C=O) groups excluding carboxylic acids is 1. The van der Waals surface area contributed by atoms with Crippen LogP contribution in [0, 0.1) is 5.92 Å². The standard InChI is InChI=1S/C21H27NO3.C2H6/c1-14-16(12-19-15(2)24-10-11-25-19)13-22(20(14)23)18-8-6-17(7-9-18)21(3,4)5;1-2/h6-9,12,14H,10-11,13H2,1-5H3;1-2H3/b16-12-;. The van der Waals surface area contributed by atoms with Crippen LogP contribution in [0.3, 0.4) is 0 Å². The summed E-state index contributed by atoms with van der Waals surface area (Å²) in [6.07, 6.45) is 1.97. The van der Waals surface area contributed by atoms with Crippen LogP contribution in [0.15, 0.2) is 47.4 Å². The van der Waals surface area contributed by atoms with Crippen molar-refractivity contribution in [3.63, 3.8) is 0 Å². The highest BCUT2D eigenvalue weighted by molar-refractivity contribution is 6.00. The summed E-state index contributed by atoms with van der Waals surface area (Å²) in [6, 6.07) is 8.30. The predicted molar refractivity (Wildman–Crippen MR) is 111 cm³/mol. The molecular formula is C23H33NO3. The lowest BCUT2D eigenvalue weighted by atomic mass is 9.87. The molecule has 0 saturated carbocycles. The molecular weight excluding hydrogens is 338 g/mol. The van der Waals surface area contributed by atoms with Crippen molar-refractivity contribution >= 4 is 11.6 Å². The molecule has 0 radical (unpaired) electrons. The van der Waals surface area contributed by atoms with Crippen molar-refractivity contribution in [3.05, 3.63) is 53.0 Å². The van der Waals surface area contributed by atoms with Crippen LogP contribution in [0.25, 0.3) is 0 Å². The number of amides is 1. The fraction of sp³-hybridized carbons (Fsp3) is 0.522. The second-order valence-corrected chi connectivity index (χ2v) is 7.78. The maximum Gasteiger partial charge on any atom is 0.234 e. The van der Waals surface area contributed by atoms with E-state index in [1.54, 1.807) is 0 Å². The Morgan fingerprint density at radius 3 is 2.22 bits per heavy atom. The van der Waals surface area contributed by atoms with Gasteiger partial charge in [-0.05, 0) is 48.6 Å². The van der Waals surface area contributed by atoms with Crippen molar-refractivity contribution in [2.45, 2.75) is 53.9 Å². The van der Waals surface area contributed by atoms with E-state index in [2.05, 4.69) is 32.9 Å². The smallest absolute Gasteiger partial charge is 0.234 e. The number of hydrogen-bond donors (Lipinski definition) is 0. The average Bonchev–Trinajstić information content (AvgIpc) is 2.93. The molecule has 4 nitrogen and oxygen atoms in total. The fourth-order valence-electron chi connectivity index (χ4n) is 3.15. The van der Waals surface area contributed by atoms with E-state index in [1.807, 2.05) is 50.8 Å². The third kappa shape index (κ3) is 4.74. The Bertz CT molecular complexity index is 723. The van der Waals surface area contributed by atoms with Gasteiger partial charge in [-0.3, -0.25) is 4.79 Å². The van der Waals surface area contributed by atoms with Gasteiger partial charge in [-0.1, -0.05) is 46.8 Å². The Balaban J connectivity index is 0.00000126. The fourth-order valence-corrected chi connectivity index (χ4v) is 3.15. The molecule has 2 aliphatic heterocycles. The van der Waals surface area contributed by atoms with Gasteiger partial charge in [-0.15, -0.1) is 0 Å². The summed E-state index contributed by atoms with van der Waals surface area (Å²) >= 11 is 0. The minimum Gasteiger partial charge on any atom is -0.491 e. The van der Waals surface area contributed by atoms with Crippen LogP contribution in [0.2, 0.25) is 0 Å². The number of carbonyl (C=O) groups is 1. The summed E-state index contributed by atoms with van der Waals surface area (Å²) in [5.74, 6) is 1.51. The van der Waals surface area contributed by atoms with Crippen LogP contribution >= 0.6 is 0 Å². The Morgan fingerprint density at radius 1 is 1.07 bits per heavy atom. The second kappa shape index (κ2) is 8.64. The molecule has 0 aromatic heterocycles. The van der Waals surface area contributed by atoms with Crippen molar-refractivity contribution in [2.24, 2.45) is 5.92 Å². The van der Waals surface area contributed by atoms with Crippen molar-refractivity contribution in [1.29, 1.82) is 0 Å². The zero-order valence-electron chi connectivity index (χ0n) is 17.8. The molecule has 27 heavy (non-hydrogen) atoms. The Kier molecular flexibility index (Phi) is 6.74. The molecule has 1 aromatic carbocycles. The molecule has 0 bridgehead atoms. The number of nitrogens with zero attached hydrogens (tertiary/aromatic N) is 1. The Morgan fingerprint density at radius 2 is 1.67 bits per heavy atom. The number of rotatable bonds is 2. The van der Waals surface area contributed by atoms with Gasteiger partial charge in [0.15, 0.2) is 5.76 Å². The topological polar surface area (TPSA) is 38.8 Å². The first-order valence-electron chi connectivity index (χ1n) is 9.86. The van der Waals surface area contributed by atoms with Crippen LogP contribution < -0.4 is 4.90 Å². The lowest BCUT2D eigenvalue weighted by Crippen LogP contribution is -2.26. The Hall–Kier alpha value is -2.23. The molecule has 1 atom stereocenters. The first-order chi connectivity index (χ1) is 12.8. The number of benzene rings is 1. The lowest BCUT2D eigenvalue weighted by molar-refractivity contribution is -0.119. The molecule has 1 aromatic rings. The number of allylic oxidation sites excluding steroid dienone is 2. The van der Waals surface area contributed by atoms with Crippen LogP contribution in [-0.2, 0) is 19.7 Å². The van der Waals surface area contributed by atoms with E-state index in [0.29, 0.717) is 19.8 Å². The van der Waals surface area contributed by atoms with Gasteiger partial charge in [0.2, 0.25) is 5.91 Å². The predicted octanol–water partition coefficient (Wildman–Crippen LogP) is 5.20. The summed E-state index contributed by atoms with van der Waals surface area (Å²) in [7, 11) is 0. The van der Waals surface area contributed by atoms with Crippen molar-refractivity contribution < 1.29 is 14.3 Å². The van der Waals surface area contributed by atoms with Crippen LogP contribution in [-0.4, -0.2) is 25.7 Å². The summed E-state index contributed by atoms with van der Waals surface area (Å²) in [5, 5.41) is 0.